The van der Waals surface area contributed by atoms with Crippen molar-refractivity contribution in [3.63, 3.8) is 0 Å². The second-order valence-corrected chi connectivity index (χ2v) is 18.4. The van der Waals surface area contributed by atoms with Crippen molar-refractivity contribution in [3.8, 4) is 11.1 Å². The van der Waals surface area contributed by atoms with Crippen LogP contribution in [0.3, 0.4) is 0 Å². The van der Waals surface area contributed by atoms with Crippen molar-refractivity contribution in [1.82, 2.24) is 0 Å². The summed E-state index contributed by atoms with van der Waals surface area (Å²) in [5, 5.41) is 0. The van der Waals surface area contributed by atoms with Crippen LogP contribution in [0.1, 0.15) is 22.3 Å². The standard InChI is InChI=1S/C52H36N2O4S2/c55-59(56)49-17-9-7-15-45(49)53(43-11-3-1-4-12-43)47-33-27-39(35-51(47)59)21-19-37-23-29-41(30-24-37)42-31-25-38(26-32-42)20-22-40-28-34-48-52(36-40)60(57,58)50-18-10-8-16-46(50)54(48)44-13-5-2-6-14-44/h1-36H. The van der Waals surface area contributed by atoms with Gasteiger partial charge in [-0.2, -0.15) is 0 Å². The molecule has 0 fully saturated rings. The summed E-state index contributed by atoms with van der Waals surface area (Å²) in [5.74, 6) is 0. The fraction of sp³-hybridized carbons (Fsp3) is 0. The summed E-state index contributed by atoms with van der Waals surface area (Å²) in [6.45, 7) is 0. The smallest absolute Gasteiger partial charge is 0.210 e. The van der Waals surface area contributed by atoms with Crippen LogP contribution in [0.25, 0.3) is 35.4 Å². The first-order chi connectivity index (χ1) is 29.3. The molecule has 0 bridgehead atoms. The van der Waals surface area contributed by atoms with Crippen LogP contribution in [0.5, 0.6) is 0 Å². The molecular weight excluding hydrogens is 781 g/mol. The van der Waals surface area contributed by atoms with Gasteiger partial charge >= 0.3 is 0 Å². The van der Waals surface area contributed by atoms with Crippen LogP contribution in [0.2, 0.25) is 0 Å². The lowest BCUT2D eigenvalue weighted by molar-refractivity contribution is 0.593. The molecular formula is C52H36N2O4S2. The van der Waals surface area contributed by atoms with Crippen molar-refractivity contribution >= 4 is 78.1 Å². The zero-order chi connectivity index (χ0) is 40.8. The highest BCUT2D eigenvalue weighted by Crippen LogP contribution is 2.49. The van der Waals surface area contributed by atoms with E-state index in [1.807, 2.05) is 168 Å². The maximum atomic E-state index is 13.9. The Morgan fingerprint density at radius 3 is 1.02 bits per heavy atom. The number of para-hydroxylation sites is 4. The minimum absolute atomic E-state index is 0.276. The van der Waals surface area contributed by atoms with E-state index in [-0.39, 0.29) is 19.6 Å². The molecule has 0 saturated carbocycles. The van der Waals surface area contributed by atoms with Crippen LogP contribution >= 0.6 is 0 Å². The van der Waals surface area contributed by atoms with Gasteiger partial charge in [-0.3, -0.25) is 0 Å². The highest BCUT2D eigenvalue weighted by molar-refractivity contribution is 7.92. The average Bonchev–Trinajstić information content (AvgIpc) is 3.29. The van der Waals surface area contributed by atoms with E-state index in [4.69, 9.17) is 0 Å². The van der Waals surface area contributed by atoms with Crippen molar-refractivity contribution in [2.45, 2.75) is 19.6 Å². The topological polar surface area (TPSA) is 74.8 Å². The third-order valence-electron chi connectivity index (χ3n) is 10.9. The Balaban J connectivity index is 0.860. The number of benzene rings is 8. The van der Waals surface area contributed by atoms with E-state index < -0.39 is 19.7 Å². The molecule has 2 aliphatic rings. The molecule has 0 amide bonds. The van der Waals surface area contributed by atoms with Gasteiger partial charge in [-0.15, -0.1) is 0 Å². The van der Waals surface area contributed by atoms with Gasteiger partial charge in [0.1, 0.15) is 0 Å². The number of fused-ring (bicyclic) bond motifs is 4. The summed E-state index contributed by atoms with van der Waals surface area (Å²) in [5.41, 5.74) is 9.97. The number of nitrogens with zero attached hydrogens (tertiary/aromatic N) is 2. The zero-order valence-electron chi connectivity index (χ0n) is 32.1. The van der Waals surface area contributed by atoms with E-state index in [0.717, 1.165) is 44.8 Å². The van der Waals surface area contributed by atoms with Gasteiger partial charge in [0.25, 0.3) is 0 Å². The molecule has 0 unspecified atom stereocenters. The SMILES string of the molecule is O=S1(=O)c2ccccc2N(c2ccccc2)c2ccc(C=Cc3ccc(-c4ccc(C=Cc5ccc6c(c5)S(=O)(=O)c5ccccc5N6c5ccccc5)cc4)cc3)cc21. The summed E-state index contributed by atoms with van der Waals surface area (Å²) >= 11 is 0. The van der Waals surface area contributed by atoms with Gasteiger partial charge in [0.15, 0.2) is 0 Å². The van der Waals surface area contributed by atoms with Crippen LogP contribution in [0, 0.1) is 0 Å². The molecule has 0 atom stereocenters. The normalized spacial score (nSPS) is 14.7. The number of hydrogen-bond acceptors (Lipinski definition) is 6. The molecule has 8 aromatic rings. The van der Waals surface area contributed by atoms with Gasteiger partial charge in [-0.05, 0) is 106 Å². The largest absolute Gasteiger partial charge is 0.308 e. The molecule has 8 heteroatoms. The number of rotatable bonds is 7. The van der Waals surface area contributed by atoms with Gasteiger partial charge in [0.2, 0.25) is 19.7 Å². The highest BCUT2D eigenvalue weighted by Gasteiger charge is 2.36. The molecule has 290 valence electrons. The Morgan fingerprint density at radius 1 is 0.300 bits per heavy atom. The first-order valence-corrected chi connectivity index (χ1v) is 22.5. The summed E-state index contributed by atoms with van der Waals surface area (Å²) in [6, 6.07) is 61.5. The maximum absolute atomic E-state index is 13.9. The Morgan fingerprint density at radius 2 is 0.617 bits per heavy atom. The van der Waals surface area contributed by atoms with E-state index >= 15 is 0 Å². The summed E-state index contributed by atoms with van der Waals surface area (Å²) < 4.78 is 55.5. The first kappa shape index (κ1) is 37.0. The molecule has 0 radical (unpaired) electrons. The molecule has 60 heavy (non-hydrogen) atoms. The highest BCUT2D eigenvalue weighted by atomic mass is 32.2. The van der Waals surface area contributed by atoms with Gasteiger partial charge in [-0.25, -0.2) is 16.8 Å². The van der Waals surface area contributed by atoms with Gasteiger partial charge < -0.3 is 9.80 Å². The van der Waals surface area contributed by atoms with Crippen molar-refractivity contribution < 1.29 is 16.8 Å². The van der Waals surface area contributed by atoms with Gasteiger partial charge in [-0.1, -0.05) is 146 Å². The molecule has 8 aromatic carbocycles. The van der Waals surface area contributed by atoms with Crippen molar-refractivity contribution in [2.75, 3.05) is 9.80 Å². The molecule has 0 saturated heterocycles. The fourth-order valence-corrected chi connectivity index (χ4v) is 11.3. The van der Waals surface area contributed by atoms with E-state index in [9.17, 15) is 16.8 Å². The Kier molecular flexibility index (Phi) is 9.16. The van der Waals surface area contributed by atoms with Gasteiger partial charge in [0.05, 0.1) is 42.3 Å². The lowest BCUT2D eigenvalue weighted by Crippen LogP contribution is -2.22. The summed E-state index contributed by atoms with van der Waals surface area (Å²) in [7, 11) is -7.47. The first-order valence-electron chi connectivity index (χ1n) is 19.5. The molecule has 6 nitrogen and oxygen atoms in total. The zero-order valence-corrected chi connectivity index (χ0v) is 33.8. The summed E-state index contributed by atoms with van der Waals surface area (Å²) in [4.78, 5) is 5.14. The number of hydrogen-bond donors (Lipinski definition) is 0. The monoisotopic (exact) mass is 816 g/mol. The Bertz CT molecular complexity index is 3000. The third kappa shape index (κ3) is 6.52. The van der Waals surface area contributed by atoms with E-state index in [2.05, 4.69) is 24.3 Å². The maximum Gasteiger partial charge on any atom is 0.210 e. The van der Waals surface area contributed by atoms with E-state index in [1.54, 1.807) is 36.4 Å². The summed E-state index contributed by atoms with van der Waals surface area (Å²) in [6.07, 6.45) is 7.86. The van der Waals surface area contributed by atoms with Crippen LogP contribution in [0.4, 0.5) is 34.1 Å². The van der Waals surface area contributed by atoms with E-state index in [1.165, 1.54) is 0 Å². The molecule has 10 rings (SSSR count). The minimum Gasteiger partial charge on any atom is -0.308 e. The minimum atomic E-state index is -3.74. The van der Waals surface area contributed by atoms with Crippen LogP contribution in [0.15, 0.2) is 214 Å². The second-order valence-electron chi connectivity index (χ2n) is 14.6. The van der Waals surface area contributed by atoms with Gasteiger partial charge in [0, 0.05) is 11.4 Å². The average molecular weight is 817 g/mol. The van der Waals surface area contributed by atoms with E-state index in [0.29, 0.717) is 22.7 Å². The predicted molar refractivity (Wildman–Crippen MR) is 243 cm³/mol. The third-order valence-corrected chi connectivity index (χ3v) is 14.6. The van der Waals surface area contributed by atoms with Crippen molar-refractivity contribution in [2.24, 2.45) is 0 Å². The Labute approximate surface area is 350 Å². The second kappa shape index (κ2) is 14.8. The predicted octanol–water partition coefficient (Wildman–Crippen LogP) is 12.9. The fourth-order valence-electron chi connectivity index (χ4n) is 7.97. The number of anilines is 6. The molecule has 2 heterocycles. The molecule has 0 N–H and O–H groups in total. The lowest BCUT2D eigenvalue weighted by Gasteiger charge is -2.33. The van der Waals surface area contributed by atoms with Crippen molar-refractivity contribution in [3.05, 3.63) is 216 Å². The molecule has 0 spiro atoms. The van der Waals surface area contributed by atoms with Crippen LogP contribution < -0.4 is 9.80 Å². The quantitative estimate of drug-likeness (QED) is 0.149. The van der Waals surface area contributed by atoms with Crippen LogP contribution in [-0.4, -0.2) is 16.8 Å². The molecule has 0 aromatic heterocycles. The van der Waals surface area contributed by atoms with Crippen molar-refractivity contribution in [1.29, 1.82) is 0 Å². The number of sulfone groups is 2. The van der Waals surface area contributed by atoms with Crippen LogP contribution in [-0.2, 0) is 19.7 Å². The molecule has 0 aliphatic carbocycles. The molecule has 2 aliphatic heterocycles. The Hall–Kier alpha value is -7.26. The lowest BCUT2D eigenvalue weighted by atomic mass is 10.0.